The fourth-order valence-electron chi connectivity index (χ4n) is 12.6. The highest BCUT2D eigenvalue weighted by molar-refractivity contribution is 7.98. The first-order chi connectivity index (χ1) is 54.9. The third kappa shape index (κ3) is 29.9. The van der Waals surface area contributed by atoms with Gasteiger partial charge in [0, 0.05) is 74.2 Å². The van der Waals surface area contributed by atoms with E-state index in [9.17, 15) is 73.2 Å². The van der Waals surface area contributed by atoms with Crippen LogP contribution >= 0.6 is 11.8 Å². The van der Waals surface area contributed by atoms with Gasteiger partial charge in [-0.3, -0.25) is 72.5 Å². The van der Waals surface area contributed by atoms with Crippen LogP contribution in [0.4, 0.5) is 0 Å². The second kappa shape index (κ2) is 47.1. The van der Waals surface area contributed by atoms with Gasteiger partial charge in [0.15, 0.2) is 5.96 Å². The number of likely N-dealkylation sites (tertiary alicyclic amines) is 1. The number of nitrogens with zero attached hydrogens (tertiary/aromatic N) is 2. The number of aromatic nitrogens is 3. The number of guanidine groups is 1. The Balaban J connectivity index is 1.25. The molecule has 0 saturated carbocycles. The number of fused-ring (bicyclic) bond motifs is 1. The first-order valence-electron chi connectivity index (χ1n) is 37.6. The number of aliphatic hydroxyl groups is 2. The van der Waals surface area contributed by atoms with Gasteiger partial charge < -0.3 is 122 Å². The molecule has 2 aromatic heterocycles. The summed E-state index contributed by atoms with van der Waals surface area (Å²) in [5, 5.41) is 79.1. The number of carboxylic acid groups (broad SMARTS) is 1. The fraction of sp³-hybridized carbons (Fsp3) is 0.493. The van der Waals surface area contributed by atoms with Crippen molar-refractivity contribution in [2.75, 3.05) is 51.4 Å². The molecule has 13 amide bonds. The van der Waals surface area contributed by atoms with E-state index >= 15 is 14.4 Å². The number of aliphatic carboxylic acids is 1. The molecule has 3 heterocycles. The molecule has 0 unspecified atom stereocenters. The zero-order valence-electron chi connectivity index (χ0n) is 64.2. The molecule has 39 nitrogen and oxygen atoms in total. The van der Waals surface area contributed by atoms with Gasteiger partial charge in [0.1, 0.15) is 78.3 Å². The van der Waals surface area contributed by atoms with E-state index in [0.717, 1.165) is 0 Å². The number of carbonyl (C=O) groups is 14. The van der Waals surface area contributed by atoms with Crippen LogP contribution in [-0.4, -0.2) is 253 Å². The van der Waals surface area contributed by atoms with Gasteiger partial charge >= 0.3 is 5.97 Å². The van der Waals surface area contributed by atoms with Gasteiger partial charge in [0.05, 0.1) is 26.1 Å². The summed E-state index contributed by atoms with van der Waals surface area (Å²) >= 11 is 1.24. The van der Waals surface area contributed by atoms with Crippen molar-refractivity contribution >= 4 is 111 Å². The van der Waals surface area contributed by atoms with Crippen molar-refractivity contribution in [3.8, 4) is 5.75 Å². The number of aliphatic hydroxyl groups excluding tert-OH is 2. The summed E-state index contributed by atoms with van der Waals surface area (Å²) in [5.74, 6) is -14.0. The third-order valence-electron chi connectivity index (χ3n) is 18.9. The van der Waals surface area contributed by atoms with Gasteiger partial charge in [0.25, 0.3) is 0 Å². The monoisotopic (exact) mass is 1620 g/mol. The summed E-state index contributed by atoms with van der Waals surface area (Å²) in [6, 6.07) is 3.33. The van der Waals surface area contributed by atoms with Crippen LogP contribution in [0.2, 0.25) is 0 Å². The molecule has 626 valence electrons. The molecule has 6 rings (SSSR count). The molecule has 0 spiro atoms. The van der Waals surface area contributed by atoms with Crippen molar-refractivity contribution in [3.63, 3.8) is 0 Å². The number of thioether (sulfide) groups is 1. The van der Waals surface area contributed by atoms with Gasteiger partial charge in [-0.15, -0.1) is 0 Å². The van der Waals surface area contributed by atoms with E-state index in [1.54, 1.807) is 80.9 Å². The molecule has 115 heavy (non-hydrogen) atoms. The Labute approximate surface area is 667 Å². The molecule has 1 saturated heterocycles. The second-order valence-electron chi connectivity index (χ2n) is 28.0. The number of H-pyrrole nitrogens is 2. The minimum atomic E-state index is -1.79. The van der Waals surface area contributed by atoms with Crippen molar-refractivity contribution in [2.24, 2.45) is 28.9 Å². The maximum absolute atomic E-state index is 15.2. The predicted octanol–water partition coefficient (Wildman–Crippen LogP) is -4.71. The number of para-hydroxylation sites is 1. The lowest BCUT2D eigenvalue weighted by atomic mass is 10.0. The first kappa shape index (κ1) is 92.1. The van der Waals surface area contributed by atoms with Crippen LogP contribution in [0, 0.1) is 11.3 Å². The lowest BCUT2D eigenvalue weighted by molar-refractivity contribution is -0.142. The number of imidazole rings is 1. The number of hydrogen-bond donors (Lipinski definition) is 23. The summed E-state index contributed by atoms with van der Waals surface area (Å²) in [6.07, 6.45) is 4.82. The number of aromatic hydroxyl groups is 1. The Kier molecular flexibility index (Phi) is 37.7. The molecule has 3 aromatic carbocycles. The molecule has 0 radical (unpaired) electrons. The highest BCUT2D eigenvalue weighted by atomic mass is 32.2. The molecule has 1 fully saturated rings. The molecule has 40 heteroatoms. The van der Waals surface area contributed by atoms with E-state index in [1.165, 1.54) is 53.5 Å². The Morgan fingerprint density at radius 2 is 1.13 bits per heavy atom. The van der Waals surface area contributed by atoms with Crippen LogP contribution in [0.15, 0.2) is 97.6 Å². The Hall–Kier alpha value is -11.8. The molecule has 0 bridgehead atoms. The molecule has 1 aliphatic heterocycles. The molecular formula is C75H107N21O18S. The van der Waals surface area contributed by atoms with Crippen molar-refractivity contribution in [3.05, 3.63) is 120 Å². The average Bonchev–Trinajstić information content (AvgIpc) is 1.39. The quantitative estimate of drug-likeness (QED) is 0.00988. The molecule has 0 aliphatic carbocycles. The number of carbonyl (C=O) groups excluding carboxylic acids is 13. The highest BCUT2D eigenvalue weighted by Gasteiger charge is 2.41. The number of primary amides is 1. The van der Waals surface area contributed by atoms with E-state index in [-0.39, 0.29) is 101 Å². The minimum absolute atomic E-state index is 0.000754. The molecular weight excluding hydrogens is 1520 g/mol. The zero-order chi connectivity index (χ0) is 84.3. The van der Waals surface area contributed by atoms with E-state index in [0.29, 0.717) is 46.9 Å². The Morgan fingerprint density at radius 1 is 0.591 bits per heavy atom. The topological polar surface area (TPSA) is 640 Å². The van der Waals surface area contributed by atoms with Crippen molar-refractivity contribution < 1.29 is 87.5 Å². The first-order valence-corrected chi connectivity index (χ1v) is 39.0. The van der Waals surface area contributed by atoms with Gasteiger partial charge in [-0.05, 0) is 117 Å². The molecule has 27 N–H and O–H groups in total. The Bertz CT molecular complexity index is 4120. The molecule has 12 atom stereocenters. The summed E-state index contributed by atoms with van der Waals surface area (Å²) in [6.45, 7) is 1.25. The maximum Gasteiger partial charge on any atom is 0.303 e. The number of rotatable bonds is 49. The normalized spacial score (nSPS) is 15.4. The van der Waals surface area contributed by atoms with Crippen molar-refractivity contribution in [2.45, 2.75) is 176 Å². The predicted molar refractivity (Wildman–Crippen MR) is 421 cm³/mol. The highest BCUT2D eigenvalue weighted by Crippen LogP contribution is 2.23. The van der Waals surface area contributed by atoms with Crippen molar-refractivity contribution in [1.29, 1.82) is 5.41 Å². The summed E-state index contributed by atoms with van der Waals surface area (Å²) in [7, 11) is 0. The molecule has 5 aromatic rings. The minimum Gasteiger partial charge on any atom is -0.508 e. The van der Waals surface area contributed by atoms with Gasteiger partial charge in [-0.1, -0.05) is 74.5 Å². The number of phenols is 1. The van der Waals surface area contributed by atoms with Gasteiger partial charge in [-0.2, -0.15) is 11.8 Å². The van der Waals surface area contributed by atoms with Crippen molar-refractivity contribution in [1.82, 2.24) is 83.7 Å². The molecule has 1 aliphatic rings. The van der Waals surface area contributed by atoms with Crippen LogP contribution in [0.5, 0.6) is 5.75 Å². The zero-order valence-corrected chi connectivity index (χ0v) is 65.0. The van der Waals surface area contributed by atoms with Gasteiger partial charge in [0.2, 0.25) is 76.8 Å². The number of hydrogen-bond acceptors (Lipinski definition) is 22. The number of unbranched alkanes of at least 4 members (excludes halogenated alkanes) is 1. The number of nitrogens with one attached hydrogen (secondary N) is 15. The van der Waals surface area contributed by atoms with E-state index in [2.05, 4.69) is 78.8 Å². The van der Waals surface area contributed by atoms with Crippen LogP contribution in [0.3, 0.4) is 0 Å². The maximum atomic E-state index is 15.2. The van der Waals surface area contributed by atoms with Crippen LogP contribution in [0.25, 0.3) is 10.9 Å². The van der Waals surface area contributed by atoms with Crippen LogP contribution < -0.4 is 86.7 Å². The summed E-state index contributed by atoms with van der Waals surface area (Å²) in [4.78, 5) is 207. The van der Waals surface area contributed by atoms with Crippen LogP contribution in [-0.2, 0) is 92.8 Å². The standard InChI is InChI=1S/C75H107N21O18S/c1-41(2)62(63(78)103)95-73(113)59-19-12-29-96(59)74(114)53(17-9-10-27-76)86-60(100)37-84-65(105)56(33-44-35-83-49-16-8-7-15-47(44)49)92-66(106)50(18-11-28-82-75(79)80)87-69(109)55(31-42-13-5-4-6-14-42)91-71(111)57(34-45-36-81-40-85-45)93-67(107)51(24-25-61(101)102)88-68(108)52(26-30-115-3)89-72(112)58(39-98)94-70(110)54(90-64(104)48(77)38-97)32-43-20-22-46(99)23-21-43/h4-8,13-16,20-23,35-36,40-41,48,50-59,62,83,97-99H,9-12,17-19,24-34,37-39,76-77H2,1-3H3,(H2,78,103)(H,81,85)(H,84,105)(H,86,100)(H,87,109)(H,88,108)(H,89,112)(H,90,104)(H,91,111)(H,92,106)(H,93,107)(H,94,110)(H,95,113)(H,101,102)(H4,79,80,82)/t48-,50-,51-,52-,53-,54-,55-,56-,57-,58-,59-,62+/m0/s1. The number of aromatic amines is 2. The number of benzene rings is 3. The lowest BCUT2D eigenvalue weighted by Crippen LogP contribution is -2.61. The van der Waals surface area contributed by atoms with E-state index in [1.807, 2.05) is 0 Å². The number of amides is 13. The Morgan fingerprint density at radius 3 is 1.70 bits per heavy atom. The average molecular weight is 1620 g/mol. The lowest BCUT2D eigenvalue weighted by Gasteiger charge is -2.30. The van der Waals surface area contributed by atoms with Gasteiger partial charge in [-0.25, -0.2) is 4.98 Å². The van der Waals surface area contributed by atoms with E-state index < -0.39 is 194 Å². The second-order valence-corrected chi connectivity index (χ2v) is 29.0. The smallest absolute Gasteiger partial charge is 0.303 e. The fourth-order valence-corrected chi connectivity index (χ4v) is 13.1. The third-order valence-corrected chi connectivity index (χ3v) is 19.5. The summed E-state index contributed by atoms with van der Waals surface area (Å²) < 4.78 is 0. The summed E-state index contributed by atoms with van der Waals surface area (Å²) in [5.41, 5.74) is 25.1. The van der Waals surface area contributed by atoms with E-state index in [4.69, 9.17) is 28.3 Å². The SMILES string of the molecule is CSCC[C@H](NC(=O)[C@H](CO)NC(=O)[C@H](Cc1ccc(O)cc1)NC(=O)[C@@H](N)CO)C(=O)N[C@@H](CCC(=O)O)C(=O)N[C@@H](Cc1cnc[nH]1)C(=O)N[C@@H](Cc1ccccc1)C(=O)N[C@@H](CCCNC(=N)N)C(=O)N[C@@H](Cc1c[nH]c2ccccc12)C(=O)NCC(=O)N[C@@H](CCCCN)C(=O)N1CCC[C@H]1C(=O)N[C@@H](C(N)=O)C(C)C. The van der Waals surface area contributed by atoms with Crippen LogP contribution in [0.1, 0.15) is 100 Å². The largest absolute Gasteiger partial charge is 0.508 e. The number of phenolic OH excluding ortho intramolecular Hbond substituents is 1. The number of carboxylic acids is 1. The number of nitrogens with two attached hydrogens (primary N) is 4.